The van der Waals surface area contributed by atoms with E-state index in [9.17, 15) is 4.79 Å². The summed E-state index contributed by atoms with van der Waals surface area (Å²) in [5.41, 5.74) is 4.50. The first-order valence-electron chi connectivity index (χ1n) is 8.83. The van der Waals surface area contributed by atoms with Gasteiger partial charge in [0, 0.05) is 23.8 Å². The van der Waals surface area contributed by atoms with Crippen molar-refractivity contribution >= 4 is 21.9 Å². The molecule has 2 fully saturated rings. The maximum atomic E-state index is 11.7. The van der Waals surface area contributed by atoms with Gasteiger partial charge in [-0.25, -0.2) is 0 Å². The summed E-state index contributed by atoms with van der Waals surface area (Å²) in [5.74, 6) is 0.676. The fourth-order valence-corrected chi connectivity index (χ4v) is 4.17. The monoisotopic (exact) mass is 391 g/mol. The van der Waals surface area contributed by atoms with Crippen LogP contribution in [0.1, 0.15) is 44.1 Å². The third-order valence-electron chi connectivity index (χ3n) is 5.25. The van der Waals surface area contributed by atoms with Crippen molar-refractivity contribution in [2.75, 3.05) is 14.2 Å². The van der Waals surface area contributed by atoms with Crippen molar-refractivity contribution in [1.82, 2.24) is 4.90 Å². The zero-order valence-corrected chi connectivity index (χ0v) is 16.1. The molecule has 3 rings (SSSR count). The molecule has 0 aliphatic heterocycles. The van der Waals surface area contributed by atoms with Crippen molar-refractivity contribution in [1.29, 1.82) is 0 Å². The maximum Gasteiger partial charge on any atom is 0.308 e. The Morgan fingerprint density at radius 2 is 1.71 bits per heavy atom. The lowest BCUT2D eigenvalue weighted by molar-refractivity contribution is -0.146. The number of carbonyl (C=O) groups excluding carboxylic acids is 1. The van der Waals surface area contributed by atoms with E-state index < -0.39 is 0 Å². The molecule has 2 aliphatic carbocycles. The highest BCUT2D eigenvalue weighted by Crippen LogP contribution is 2.42. The van der Waals surface area contributed by atoms with Crippen LogP contribution >= 0.6 is 15.9 Å². The third-order valence-corrected chi connectivity index (χ3v) is 5.78. The third kappa shape index (κ3) is 4.21. The van der Waals surface area contributed by atoms with E-state index in [1.807, 2.05) is 0 Å². The van der Waals surface area contributed by atoms with Gasteiger partial charge in [0.1, 0.15) is 0 Å². The molecule has 1 aromatic carbocycles. The van der Waals surface area contributed by atoms with Crippen LogP contribution in [0.2, 0.25) is 0 Å². The van der Waals surface area contributed by atoms with E-state index in [1.165, 1.54) is 25.5 Å². The first-order valence-corrected chi connectivity index (χ1v) is 9.63. The van der Waals surface area contributed by atoms with Crippen LogP contribution in [0.4, 0.5) is 0 Å². The molecule has 0 unspecified atom stereocenters. The van der Waals surface area contributed by atoms with E-state index in [0.29, 0.717) is 5.92 Å². The molecule has 0 heterocycles. The smallest absolute Gasteiger partial charge is 0.308 e. The minimum Gasteiger partial charge on any atom is -0.469 e. The number of benzene rings is 1. The predicted molar refractivity (Wildman–Crippen MR) is 99.3 cm³/mol. The molecule has 0 bridgehead atoms. The van der Waals surface area contributed by atoms with Gasteiger partial charge in [0.15, 0.2) is 0 Å². The van der Waals surface area contributed by atoms with Crippen LogP contribution in [0.3, 0.4) is 0 Å². The Balaban J connectivity index is 1.65. The average molecular weight is 392 g/mol. The number of hydrogen-bond donors (Lipinski definition) is 0. The zero-order chi connectivity index (χ0) is 17.1. The molecule has 0 atom stereocenters. The van der Waals surface area contributed by atoms with E-state index in [2.05, 4.69) is 52.1 Å². The highest BCUT2D eigenvalue weighted by Gasteiger charge is 2.33. The fourth-order valence-electron chi connectivity index (χ4n) is 3.91. The van der Waals surface area contributed by atoms with Gasteiger partial charge in [-0.15, -0.1) is 0 Å². The Morgan fingerprint density at radius 1 is 1.12 bits per heavy atom. The van der Waals surface area contributed by atoms with Crippen molar-refractivity contribution in [2.45, 2.75) is 45.1 Å². The Kier molecular flexibility index (Phi) is 5.65. The average Bonchev–Trinajstić information content (AvgIpc) is 3.42. The topological polar surface area (TPSA) is 29.5 Å². The lowest BCUT2D eigenvalue weighted by Crippen LogP contribution is -2.29. The summed E-state index contributed by atoms with van der Waals surface area (Å²) >= 11 is 3.50. The van der Waals surface area contributed by atoms with Gasteiger partial charge in [-0.05, 0) is 62.1 Å². The number of methoxy groups -OCH3 is 1. The van der Waals surface area contributed by atoms with Gasteiger partial charge in [-0.3, -0.25) is 4.79 Å². The highest BCUT2D eigenvalue weighted by molar-refractivity contribution is 9.10. The van der Waals surface area contributed by atoms with Gasteiger partial charge in [-0.1, -0.05) is 33.6 Å². The second-order valence-corrected chi connectivity index (χ2v) is 7.96. The van der Waals surface area contributed by atoms with Crippen LogP contribution < -0.4 is 0 Å². The molecule has 24 heavy (non-hydrogen) atoms. The molecule has 2 aliphatic rings. The van der Waals surface area contributed by atoms with Crippen molar-refractivity contribution in [3.05, 3.63) is 45.6 Å². The lowest BCUT2D eigenvalue weighted by atomic mass is 9.79. The second kappa shape index (κ2) is 7.73. The molecule has 0 radical (unpaired) electrons. The number of ether oxygens (including phenoxy) is 1. The Labute approximate surface area is 153 Å². The largest absolute Gasteiger partial charge is 0.469 e. The maximum absolute atomic E-state index is 11.7. The van der Waals surface area contributed by atoms with E-state index in [-0.39, 0.29) is 11.9 Å². The van der Waals surface area contributed by atoms with Gasteiger partial charge in [0.25, 0.3) is 0 Å². The van der Waals surface area contributed by atoms with Crippen LogP contribution in [-0.4, -0.2) is 25.0 Å². The molecule has 3 nitrogen and oxygen atoms in total. The Hall–Kier alpha value is -1.29. The quantitative estimate of drug-likeness (QED) is 0.667. The number of hydrogen-bond acceptors (Lipinski definition) is 3. The number of nitrogens with zero attached hydrogens (tertiary/aromatic N) is 1. The molecule has 0 spiro atoms. The van der Waals surface area contributed by atoms with Crippen molar-refractivity contribution in [3.63, 3.8) is 0 Å². The molecule has 4 heteroatoms. The summed E-state index contributed by atoms with van der Waals surface area (Å²) in [6, 6.07) is 8.58. The minimum absolute atomic E-state index is 0.0303. The number of allylic oxidation sites excluding steroid dienone is 2. The van der Waals surface area contributed by atoms with Crippen LogP contribution in [0, 0.1) is 11.8 Å². The van der Waals surface area contributed by atoms with Gasteiger partial charge in [0.05, 0.1) is 13.0 Å². The number of halogens is 1. The van der Waals surface area contributed by atoms with Crippen molar-refractivity contribution in [2.24, 2.45) is 11.8 Å². The molecule has 2 saturated carbocycles. The van der Waals surface area contributed by atoms with Crippen molar-refractivity contribution in [3.8, 4) is 0 Å². The molecule has 0 N–H and O–H groups in total. The normalized spacial score (nSPS) is 22.9. The molecular formula is C20H26BrNO2. The van der Waals surface area contributed by atoms with Crippen molar-refractivity contribution < 1.29 is 9.53 Å². The SMILES string of the molecule is COC(=O)C1CCC(C(=C2CC2)N(C)Cc2ccc(Br)cc2)CC1. The van der Waals surface area contributed by atoms with E-state index in [0.717, 1.165) is 36.7 Å². The van der Waals surface area contributed by atoms with Gasteiger partial charge < -0.3 is 9.64 Å². The van der Waals surface area contributed by atoms with Gasteiger partial charge in [-0.2, -0.15) is 0 Å². The van der Waals surface area contributed by atoms with Crippen LogP contribution in [0.25, 0.3) is 0 Å². The van der Waals surface area contributed by atoms with Gasteiger partial charge >= 0.3 is 5.97 Å². The van der Waals surface area contributed by atoms with Crippen LogP contribution in [0.5, 0.6) is 0 Å². The number of rotatable bonds is 5. The molecular weight excluding hydrogens is 366 g/mol. The molecule has 1 aromatic rings. The Morgan fingerprint density at radius 3 is 2.25 bits per heavy atom. The molecule has 0 aromatic heterocycles. The second-order valence-electron chi connectivity index (χ2n) is 7.04. The lowest BCUT2D eigenvalue weighted by Gasteiger charge is -2.34. The standard InChI is InChI=1S/C20H26BrNO2/c1-22(13-14-3-11-18(21)12-4-14)19(15-5-6-15)16-7-9-17(10-8-16)20(23)24-2/h3-4,11-12,16-17H,5-10,13H2,1-2H3. The molecule has 130 valence electrons. The number of carbonyl (C=O) groups is 1. The minimum atomic E-state index is -0.0303. The highest BCUT2D eigenvalue weighted by atomic mass is 79.9. The van der Waals surface area contributed by atoms with E-state index in [1.54, 1.807) is 11.3 Å². The van der Waals surface area contributed by atoms with E-state index in [4.69, 9.17) is 4.74 Å². The summed E-state index contributed by atoms with van der Waals surface area (Å²) in [6.45, 7) is 0.947. The summed E-state index contributed by atoms with van der Waals surface area (Å²) in [5, 5.41) is 0. The predicted octanol–water partition coefficient (Wildman–Crippen LogP) is 4.91. The summed E-state index contributed by atoms with van der Waals surface area (Å²) < 4.78 is 6.04. The number of esters is 1. The summed E-state index contributed by atoms with van der Waals surface area (Å²) in [7, 11) is 3.72. The zero-order valence-electron chi connectivity index (χ0n) is 14.6. The first kappa shape index (κ1) is 17.5. The first-order chi connectivity index (χ1) is 11.6. The Bertz CT molecular complexity index is 609. The molecule has 0 saturated heterocycles. The van der Waals surface area contributed by atoms with E-state index >= 15 is 0 Å². The summed E-state index contributed by atoms with van der Waals surface area (Å²) in [4.78, 5) is 14.2. The summed E-state index contributed by atoms with van der Waals surface area (Å²) in [6.07, 6.45) is 6.61. The van der Waals surface area contributed by atoms with Crippen LogP contribution in [0.15, 0.2) is 40.0 Å². The molecule has 0 amide bonds. The van der Waals surface area contributed by atoms with Gasteiger partial charge in [0.2, 0.25) is 0 Å². The fraction of sp³-hybridized carbons (Fsp3) is 0.550. The van der Waals surface area contributed by atoms with Crippen LogP contribution in [-0.2, 0) is 16.1 Å².